The minimum atomic E-state index is -1.34. The van der Waals surface area contributed by atoms with Gasteiger partial charge in [0.2, 0.25) is 0 Å². The van der Waals surface area contributed by atoms with Crippen LogP contribution in [0.15, 0.2) is 54.6 Å². The molecule has 0 heterocycles. The largest absolute Gasteiger partial charge is 0.445 e. The smallest absolute Gasteiger partial charge is 0.408 e. The summed E-state index contributed by atoms with van der Waals surface area (Å²) in [6.45, 7) is -0.700. The molecular formula is C17H16N2O7. The minimum Gasteiger partial charge on any atom is -0.445 e. The van der Waals surface area contributed by atoms with Crippen LogP contribution >= 0.6 is 0 Å². The van der Waals surface area contributed by atoms with E-state index in [0.717, 1.165) is 17.7 Å². The van der Waals surface area contributed by atoms with E-state index >= 15 is 0 Å². The maximum absolute atomic E-state index is 12.0. The number of aliphatic hydroxyl groups excluding tert-OH is 1. The van der Waals surface area contributed by atoms with E-state index in [1.165, 1.54) is 12.1 Å². The fourth-order valence-electron chi connectivity index (χ4n) is 1.91. The highest BCUT2D eigenvalue weighted by atomic mass is 16.6. The number of hydrogen-bond acceptors (Lipinski definition) is 7. The van der Waals surface area contributed by atoms with Crippen molar-refractivity contribution in [1.82, 2.24) is 5.32 Å². The molecule has 0 saturated carbocycles. The second-order valence-corrected chi connectivity index (χ2v) is 5.11. The summed E-state index contributed by atoms with van der Waals surface area (Å²) in [5, 5.41) is 22.0. The first kappa shape index (κ1) is 18.9. The highest BCUT2D eigenvalue weighted by molar-refractivity contribution is 5.83. The van der Waals surface area contributed by atoms with Gasteiger partial charge in [0.25, 0.3) is 5.69 Å². The third kappa shape index (κ3) is 5.56. The molecule has 0 aromatic heterocycles. The van der Waals surface area contributed by atoms with Crippen LogP contribution < -0.4 is 10.1 Å². The fourth-order valence-corrected chi connectivity index (χ4v) is 1.91. The molecule has 9 heteroatoms. The molecule has 136 valence electrons. The van der Waals surface area contributed by atoms with Crippen LogP contribution in [0.25, 0.3) is 0 Å². The van der Waals surface area contributed by atoms with E-state index in [-0.39, 0.29) is 18.0 Å². The lowest BCUT2D eigenvalue weighted by molar-refractivity contribution is -0.384. The molecule has 0 aliphatic heterocycles. The summed E-state index contributed by atoms with van der Waals surface area (Å²) in [5.74, 6) is -0.892. The number of benzene rings is 2. The van der Waals surface area contributed by atoms with E-state index < -0.39 is 29.6 Å². The number of carbonyl (C=O) groups is 2. The summed E-state index contributed by atoms with van der Waals surface area (Å²) in [6.07, 6.45) is -0.895. The Morgan fingerprint density at radius 1 is 1.12 bits per heavy atom. The first-order chi connectivity index (χ1) is 12.5. The number of carbonyl (C=O) groups excluding carboxylic acids is 2. The zero-order chi connectivity index (χ0) is 18.9. The number of nitrogens with zero attached hydrogens (tertiary/aromatic N) is 1. The second-order valence-electron chi connectivity index (χ2n) is 5.11. The van der Waals surface area contributed by atoms with Crippen LogP contribution in [0.3, 0.4) is 0 Å². The normalized spacial score (nSPS) is 11.3. The highest BCUT2D eigenvalue weighted by Gasteiger charge is 2.23. The summed E-state index contributed by atoms with van der Waals surface area (Å²) >= 11 is 0. The van der Waals surface area contributed by atoms with Crippen LogP contribution in [0, 0.1) is 10.1 Å². The average Bonchev–Trinajstić information content (AvgIpc) is 2.65. The molecule has 0 aliphatic rings. The predicted molar refractivity (Wildman–Crippen MR) is 89.4 cm³/mol. The molecule has 1 amide bonds. The molecule has 2 N–H and O–H groups in total. The van der Waals surface area contributed by atoms with Crippen molar-refractivity contribution in [2.75, 3.05) is 6.61 Å². The van der Waals surface area contributed by atoms with Crippen LogP contribution in [0.1, 0.15) is 5.56 Å². The van der Waals surface area contributed by atoms with Gasteiger partial charge in [-0.15, -0.1) is 0 Å². The quantitative estimate of drug-likeness (QED) is 0.333. The Morgan fingerprint density at radius 3 is 2.35 bits per heavy atom. The van der Waals surface area contributed by atoms with Gasteiger partial charge in [-0.1, -0.05) is 30.3 Å². The summed E-state index contributed by atoms with van der Waals surface area (Å²) < 4.78 is 9.93. The lowest BCUT2D eigenvalue weighted by atomic mass is 10.2. The molecule has 1 atom stereocenters. The van der Waals surface area contributed by atoms with Gasteiger partial charge >= 0.3 is 12.1 Å². The topological polar surface area (TPSA) is 128 Å². The Kier molecular flexibility index (Phi) is 6.63. The number of alkyl carbamates (subject to hydrolysis) is 1. The fraction of sp³-hybridized carbons (Fsp3) is 0.176. The molecule has 26 heavy (non-hydrogen) atoms. The second kappa shape index (κ2) is 9.14. The van der Waals surface area contributed by atoms with Crippen molar-refractivity contribution in [2.45, 2.75) is 12.6 Å². The van der Waals surface area contributed by atoms with Crippen molar-refractivity contribution in [3.63, 3.8) is 0 Å². The molecule has 0 bridgehead atoms. The summed E-state index contributed by atoms with van der Waals surface area (Å²) in [6, 6.07) is 12.4. The Morgan fingerprint density at radius 2 is 1.77 bits per heavy atom. The predicted octanol–water partition coefficient (Wildman–Crippen LogP) is 1.79. The summed E-state index contributed by atoms with van der Waals surface area (Å²) in [4.78, 5) is 33.7. The Balaban J connectivity index is 1.87. The lowest BCUT2D eigenvalue weighted by Crippen LogP contribution is -2.45. The zero-order valence-corrected chi connectivity index (χ0v) is 13.5. The number of nitrogens with one attached hydrogen (secondary N) is 1. The lowest BCUT2D eigenvalue weighted by Gasteiger charge is -2.15. The number of ether oxygens (including phenoxy) is 2. The van der Waals surface area contributed by atoms with Crippen LogP contribution in [0.5, 0.6) is 5.75 Å². The van der Waals surface area contributed by atoms with Gasteiger partial charge in [-0.25, -0.2) is 9.59 Å². The molecule has 0 spiro atoms. The van der Waals surface area contributed by atoms with Crippen molar-refractivity contribution < 1.29 is 29.1 Å². The van der Waals surface area contributed by atoms with Crippen LogP contribution in [-0.4, -0.2) is 34.7 Å². The number of non-ortho nitro benzene ring substituents is 1. The van der Waals surface area contributed by atoms with Gasteiger partial charge in [0.05, 0.1) is 11.5 Å². The molecule has 2 aromatic carbocycles. The van der Waals surface area contributed by atoms with Gasteiger partial charge in [0.1, 0.15) is 12.4 Å². The zero-order valence-electron chi connectivity index (χ0n) is 13.5. The van der Waals surface area contributed by atoms with E-state index in [9.17, 15) is 24.8 Å². The molecule has 9 nitrogen and oxygen atoms in total. The van der Waals surface area contributed by atoms with Gasteiger partial charge in [-0.3, -0.25) is 10.1 Å². The number of hydrogen-bond donors (Lipinski definition) is 2. The highest BCUT2D eigenvalue weighted by Crippen LogP contribution is 2.17. The molecule has 0 aliphatic carbocycles. The van der Waals surface area contributed by atoms with Crippen molar-refractivity contribution >= 4 is 17.7 Å². The van der Waals surface area contributed by atoms with Crippen molar-refractivity contribution in [1.29, 1.82) is 0 Å². The van der Waals surface area contributed by atoms with Crippen LogP contribution in [-0.2, 0) is 16.1 Å². The molecule has 0 radical (unpaired) electrons. The van der Waals surface area contributed by atoms with Gasteiger partial charge in [-0.2, -0.15) is 0 Å². The number of rotatable bonds is 7. The molecule has 0 saturated heterocycles. The third-order valence-electron chi connectivity index (χ3n) is 3.24. The molecule has 0 fully saturated rings. The first-order valence-corrected chi connectivity index (χ1v) is 7.54. The van der Waals surface area contributed by atoms with Crippen LogP contribution in [0.4, 0.5) is 10.5 Å². The van der Waals surface area contributed by atoms with Gasteiger partial charge < -0.3 is 19.9 Å². The third-order valence-corrected chi connectivity index (χ3v) is 3.24. The van der Waals surface area contributed by atoms with E-state index in [1.807, 2.05) is 6.07 Å². The van der Waals surface area contributed by atoms with Gasteiger partial charge in [-0.05, 0) is 17.7 Å². The standard InChI is InChI=1S/C17H16N2O7/c20-10-15(18-17(22)25-11-12-4-2-1-3-5-12)16(21)26-14-8-6-13(7-9-14)19(23)24/h1-9,15,20H,10-11H2,(H,18,22)/t15-/m0/s1. The Bertz CT molecular complexity index is 762. The molecule has 2 rings (SSSR count). The first-order valence-electron chi connectivity index (χ1n) is 7.54. The van der Waals surface area contributed by atoms with E-state index in [1.54, 1.807) is 24.3 Å². The van der Waals surface area contributed by atoms with Gasteiger partial charge in [0, 0.05) is 12.1 Å². The minimum absolute atomic E-state index is 0.00220. The number of aliphatic hydroxyl groups is 1. The van der Waals surface area contributed by atoms with E-state index in [4.69, 9.17) is 9.47 Å². The Labute approximate surface area is 148 Å². The summed E-state index contributed by atoms with van der Waals surface area (Å²) in [7, 11) is 0. The number of amides is 1. The van der Waals surface area contributed by atoms with Crippen LogP contribution in [0.2, 0.25) is 0 Å². The van der Waals surface area contributed by atoms with Crippen molar-refractivity contribution in [3.05, 3.63) is 70.3 Å². The van der Waals surface area contributed by atoms with Crippen molar-refractivity contribution in [2.24, 2.45) is 0 Å². The number of nitro benzene ring substituents is 1. The van der Waals surface area contributed by atoms with E-state index in [2.05, 4.69) is 5.32 Å². The number of esters is 1. The number of nitro groups is 1. The average molecular weight is 360 g/mol. The molecule has 2 aromatic rings. The summed E-state index contributed by atoms with van der Waals surface area (Å²) in [5.41, 5.74) is 0.600. The maximum Gasteiger partial charge on any atom is 0.408 e. The molecular weight excluding hydrogens is 344 g/mol. The SMILES string of the molecule is O=C(N[C@@H](CO)C(=O)Oc1ccc([N+](=O)[O-])cc1)OCc1ccccc1. The molecule has 0 unspecified atom stereocenters. The van der Waals surface area contributed by atoms with Crippen molar-refractivity contribution in [3.8, 4) is 5.75 Å². The Hall–Kier alpha value is -3.46. The monoisotopic (exact) mass is 360 g/mol. The maximum atomic E-state index is 12.0. The van der Waals surface area contributed by atoms with Gasteiger partial charge in [0.15, 0.2) is 6.04 Å². The van der Waals surface area contributed by atoms with E-state index in [0.29, 0.717) is 0 Å².